The maximum absolute atomic E-state index is 14.5. The molecular formula is C39H43N3O2. The Kier molecular flexibility index (Phi) is 9.52. The van der Waals surface area contributed by atoms with Crippen molar-refractivity contribution in [2.24, 2.45) is 0 Å². The van der Waals surface area contributed by atoms with Crippen LogP contribution in [0.3, 0.4) is 0 Å². The molecule has 1 unspecified atom stereocenters. The summed E-state index contributed by atoms with van der Waals surface area (Å²) in [6, 6.07) is 40.9. The minimum atomic E-state index is -0.841. The van der Waals surface area contributed by atoms with E-state index in [0.29, 0.717) is 25.8 Å². The fourth-order valence-electron chi connectivity index (χ4n) is 7.04. The predicted molar refractivity (Wildman–Crippen MR) is 176 cm³/mol. The Bertz CT molecular complexity index is 1450. The van der Waals surface area contributed by atoms with Gasteiger partial charge in [-0.1, -0.05) is 121 Å². The number of nitrogens with one attached hydrogen (secondary N) is 1. The maximum Gasteiger partial charge on any atom is 0.246 e. The van der Waals surface area contributed by atoms with E-state index >= 15 is 0 Å². The van der Waals surface area contributed by atoms with Crippen LogP contribution in [0.1, 0.15) is 53.9 Å². The highest BCUT2D eigenvalue weighted by Gasteiger charge is 2.54. The molecule has 4 aromatic rings. The number of amides is 2. The molecule has 6 rings (SSSR count). The second kappa shape index (κ2) is 14.0. The molecule has 0 bridgehead atoms. The van der Waals surface area contributed by atoms with Gasteiger partial charge in [0.1, 0.15) is 11.6 Å². The third kappa shape index (κ3) is 6.79. The number of carbonyl (C=O) groups is 2. The van der Waals surface area contributed by atoms with Crippen molar-refractivity contribution in [3.05, 3.63) is 144 Å². The van der Waals surface area contributed by atoms with Crippen molar-refractivity contribution in [1.82, 2.24) is 15.1 Å². The van der Waals surface area contributed by atoms with Gasteiger partial charge in [0.2, 0.25) is 11.8 Å². The summed E-state index contributed by atoms with van der Waals surface area (Å²) in [7, 11) is 0. The lowest BCUT2D eigenvalue weighted by atomic mass is 9.79. The standard InChI is InChI=1S/C39H43N3O2/c43-37-36(29-32-18-7-2-8-19-32)40-38(44)39(24-27-41(28-25-39)26-14-13-17-31-15-5-1-6-16-31)42(37)30-35(33-20-9-3-10-21-33)34-22-11-4-12-23-34/h1-12,15-16,18-23,35-36H,13-14,17,24-30H2,(H,40,44). The lowest BCUT2D eigenvalue weighted by molar-refractivity contribution is -0.161. The fourth-order valence-corrected chi connectivity index (χ4v) is 7.04. The highest BCUT2D eigenvalue weighted by Crippen LogP contribution is 2.37. The molecule has 44 heavy (non-hydrogen) atoms. The van der Waals surface area contributed by atoms with E-state index in [1.165, 1.54) is 5.56 Å². The zero-order valence-electron chi connectivity index (χ0n) is 25.5. The quantitative estimate of drug-likeness (QED) is 0.212. The molecule has 5 heteroatoms. The Hall–Kier alpha value is -4.22. The number of unbranched alkanes of at least 4 members (excludes halogenated alkanes) is 1. The van der Waals surface area contributed by atoms with E-state index in [1.807, 2.05) is 47.4 Å². The summed E-state index contributed by atoms with van der Waals surface area (Å²) >= 11 is 0. The minimum absolute atomic E-state index is 0.00151. The number of benzene rings is 4. The first-order valence-electron chi connectivity index (χ1n) is 16.1. The van der Waals surface area contributed by atoms with Gasteiger partial charge in [-0.2, -0.15) is 0 Å². The van der Waals surface area contributed by atoms with E-state index in [4.69, 9.17) is 0 Å². The van der Waals surface area contributed by atoms with Crippen LogP contribution in [0.4, 0.5) is 0 Å². The van der Waals surface area contributed by atoms with Crippen LogP contribution in [0.25, 0.3) is 0 Å². The van der Waals surface area contributed by atoms with Crippen LogP contribution in [0.2, 0.25) is 0 Å². The normalized spacial score (nSPS) is 18.5. The number of rotatable bonds is 11. The monoisotopic (exact) mass is 585 g/mol. The summed E-state index contributed by atoms with van der Waals surface area (Å²) < 4.78 is 0. The number of nitrogens with zero attached hydrogens (tertiary/aromatic N) is 2. The van der Waals surface area contributed by atoms with Crippen molar-refractivity contribution in [1.29, 1.82) is 0 Å². The van der Waals surface area contributed by atoms with Gasteiger partial charge in [-0.15, -0.1) is 0 Å². The smallest absolute Gasteiger partial charge is 0.246 e. The molecule has 5 nitrogen and oxygen atoms in total. The summed E-state index contributed by atoms with van der Waals surface area (Å²) in [5.41, 5.74) is 3.91. The molecule has 2 aliphatic heterocycles. The zero-order chi connectivity index (χ0) is 30.2. The van der Waals surface area contributed by atoms with Crippen LogP contribution in [-0.4, -0.2) is 59.4 Å². The van der Waals surface area contributed by atoms with Crippen LogP contribution in [0.15, 0.2) is 121 Å². The van der Waals surface area contributed by atoms with E-state index in [0.717, 1.165) is 55.6 Å². The SMILES string of the molecule is O=C1C(Cc2ccccc2)NC(=O)C2(CCN(CCCCc3ccccc3)CC2)N1CC(c1ccccc1)c1ccccc1. The summed E-state index contributed by atoms with van der Waals surface area (Å²) in [5, 5.41) is 3.19. The number of carbonyl (C=O) groups excluding carboxylic acids is 2. The van der Waals surface area contributed by atoms with E-state index in [-0.39, 0.29) is 17.7 Å². The molecule has 1 N–H and O–H groups in total. The first-order chi connectivity index (χ1) is 21.6. The molecule has 226 valence electrons. The minimum Gasteiger partial charge on any atom is -0.342 e. The third-order valence-corrected chi connectivity index (χ3v) is 9.58. The average molecular weight is 586 g/mol. The topological polar surface area (TPSA) is 52.7 Å². The average Bonchev–Trinajstić information content (AvgIpc) is 3.08. The number of hydrogen-bond donors (Lipinski definition) is 1. The van der Waals surface area contributed by atoms with E-state index in [9.17, 15) is 9.59 Å². The molecule has 1 spiro atoms. The van der Waals surface area contributed by atoms with Gasteiger partial charge in [0.15, 0.2) is 0 Å². The first kappa shape index (κ1) is 29.8. The lowest BCUT2D eigenvalue weighted by Gasteiger charge is -2.52. The second-order valence-corrected chi connectivity index (χ2v) is 12.4. The summed E-state index contributed by atoms with van der Waals surface area (Å²) in [4.78, 5) is 33.1. The van der Waals surface area contributed by atoms with Crippen LogP contribution >= 0.6 is 0 Å². The number of hydrogen-bond acceptors (Lipinski definition) is 3. The summed E-state index contributed by atoms with van der Waals surface area (Å²) in [6.45, 7) is 3.12. The van der Waals surface area contributed by atoms with Gasteiger partial charge in [-0.3, -0.25) is 9.59 Å². The van der Waals surface area contributed by atoms with Crippen molar-refractivity contribution in [2.45, 2.75) is 56.0 Å². The van der Waals surface area contributed by atoms with Gasteiger partial charge in [0.25, 0.3) is 0 Å². The van der Waals surface area contributed by atoms with Crippen LogP contribution in [-0.2, 0) is 22.4 Å². The summed E-state index contributed by atoms with van der Waals surface area (Å²) in [6.07, 6.45) is 5.16. The van der Waals surface area contributed by atoms with Crippen LogP contribution in [0.5, 0.6) is 0 Å². The second-order valence-electron chi connectivity index (χ2n) is 12.4. The van der Waals surface area contributed by atoms with Crippen molar-refractivity contribution >= 4 is 11.8 Å². The Labute approximate surface area is 261 Å². The molecular weight excluding hydrogens is 542 g/mol. The fraction of sp³-hybridized carbons (Fsp3) is 0.333. The van der Waals surface area contributed by atoms with Crippen LogP contribution < -0.4 is 5.32 Å². The van der Waals surface area contributed by atoms with Gasteiger partial charge < -0.3 is 15.1 Å². The predicted octanol–water partition coefficient (Wildman–Crippen LogP) is 6.25. The maximum atomic E-state index is 14.5. The number of piperazine rings is 1. The lowest BCUT2D eigenvalue weighted by Crippen LogP contribution is -2.73. The highest BCUT2D eigenvalue weighted by atomic mass is 16.2. The van der Waals surface area contributed by atoms with Gasteiger partial charge in [0, 0.05) is 32.0 Å². The Morgan fingerprint density at radius 1 is 0.682 bits per heavy atom. The molecule has 1 atom stereocenters. The summed E-state index contributed by atoms with van der Waals surface area (Å²) in [5.74, 6) is 0.000718. The van der Waals surface area contributed by atoms with Crippen molar-refractivity contribution in [2.75, 3.05) is 26.2 Å². The third-order valence-electron chi connectivity index (χ3n) is 9.58. The van der Waals surface area contributed by atoms with E-state index in [2.05, 4.69) is 89.1 Å². The number of likely N-dealkylation sites (tertiary alicyclic amines) is 1. The molecule has 2 aliphatic rings. The van der Waals surface area contributed by atoms with Crippen molar-refractivity contribution in [3.8, 4) is 0 Å². The molecule has 0 saturated carbocycles. The molecule has 4 aromatic carbocycles. The van der Waals surface area contributed by atoms with Gasteiger partial charge >= 0.3 is 0 Å². The van der Waals surface area contributed by atoms with Gasteiger partial charge in [0.05, 0.1) is 0 Å². The molecule has 2 saturated heterocycles. The zero-order valence-corrected chi connectivity index (χ0v) is 25.5. The molecule has 2 amide bonds. The number of piperidine rings is 1. The largest absolute Gasteiger partial charge is 0.342 e. The van der Waals surface area contributed by atoms with Gasteiger partial charge in [-0.05, 0) is 60.9 Å². The van der Waals surface area contributed by atoms with Gasteiger partial charge in [-0.25, -0.2) is 0 Å². The molecule has 0 radical (unpaired) electrons. The highest BCUT2D eigenvalue weighted by molar-refractivity contribution is 6.00. The molecule has 0 aliphatic carbocycles. The van der Waals surface area contributed by atoms with Crippen LogP contribution in [0, 0.1) is 0 Å². The molecule has 0 aromatic heterocycles. The Balaban J connectivity index is 1.22. The number of aryl methyl sites for hydroxylation is 1. The first-order valence-corrected chi connectivity index (χ1v) is 16.1. The van der Waals surface area contributed by atoms with Crippen molar-refractivity contribution < 1.29 is 9.59 Å². The Morgan fingerprint density at radius 3 is 1.77 bits per heavy atom. The molecule has 2 heterocycles. The molecule has 2 fully saturated rings. The van der Waals surface area contributed by atoms with Crippen molar-refractivity contribution in [3.63, 3.8) is 0 Å². The van der Waals surface area contributed by atoms with E-state index < -0.39 is 11.6 Å². The van der Waals surface area contributed by atoms with E-state index in [1.54, 1.807) is 0 Å². The Morgan fingerprint density at radius 2 is 1.20 bits per heavy atom.